The molecule has 3 rings (SSSR count). The standard InChI is InChI=1S/C19H32O/c1-13-7-16(2,3)8-14-9-18(6)10-17(4,5)11-19(20,12-18)15(13)14/h13,20H,7-12H2,1-6H3. The molecule has 0 amide bonds. The van der Waals surface area contributed by atoms with Crippen molar-refractivity contribution in [3.8, 4) is 0 Å². The summed E-state index contributed by atoms with van der Waals surface area (Å²) < 4.78 is 0. The van der Waals surface area contributed by atoms with Crippen molar-refractivity contribution in [2.45, 2.75) is 85.7 Å². The van der Waals surface area contributed by atoms with E-state index < -0.39 is 5.60 Å². The van der Waals surface area contributed by atoms with Crippen LogP contribution < -0.4 is 0 Å². The fraction of sp³-hybridized carbons (Fsp3) is 0.895. The smallest absolute Gasteiger partial charge is 0.0872 e. The molecule has 0 radical (unpaired) electrons. The van der Waals surface area contributed by atoms with Gasteiger partial charge in [-0.05, 0) is 66.3 Å². The van der Waals surface area contributed by atoms with Gasteiger partial charge in [0.15, 0.2) is 0 Å². The Labute approximate surface area is 124 Å². The molecule has 0 heterocycles. The van der Waals surface area contributed by atoms with Gasteiger partial charge >= 0.3 is 0 Å². The van der Waals surface area contributed by atoms with Crippen molar-refractivity contribution in [3.05, 3.63) is 11.1 Å². The highest BCUT2D eigenvalue weighted by Gasteiger charge is 2.56. The zero-order valence-electron chi connectivity index (χ0n) is 14.3. The summed E-state index contributed by atoms with van der Waals surface area (Å²) in [6.07, 6.45) is 6.86. The molecule has 0 aromatic heterocycles. The largest absolute Gasteiger partial charge is 0.385 e. The lowest BCUT2D eigenvalue weighted by Crippen LogP contribution is -2.54. The van der Waals surface area contributed by atoms with Crippen molar-refractivity contribution < 1.29 is 5.11 Å². The molecule has 3 aliphatic rings. The van der Waals surface area contributed by atoms with E-state index in [9.17, 15) is 5.11 Å². The summed E-state index contributed by atoms with van der Waals surface area (Å²) >= 11 is 0. The van der Waals surface area contributed by atoms with Crippen LogP contribution in [0.5, 0.6) is 0 Å². The van der Waals surface area contributed by atoms with Crippen LogP contribution in [0.2, 0.25) is 0 Å². The van der Waals surface area contributed by atoms with Gasteiger partial charge in [-0.3, -0.25) is 0 Å². The minimum absolute atomic E-state index is 0.271. The van der Waals surface area contributed by atoms with Crippen molar-refractivity contribution in [1.29, 1.82) is 0 Å². The van der Waals surface area contributed by atoms with Crippen LogP contribution >= 0.6 is 0 Å². The average molecular weight is 276 g/mol. The lowest BCUT2D eigenvalue weighted by Gasteiger charge is -2.59. The molecule has 2 bridgehead atoms. The number of hydrogen-bond acceptors (Lipinski definition) is 1. The highest BCUT2D eigenvalue weighted by Crippen LogP contribution is 2.63. The average Bonchev–Trinajstić information content (AvgIpc) is 2.05. The predicted molar refractivity (Wildman–Crippen MR) is 84.5 cm³/mol. The van der Waals surface area contributed by atoms with E-state index in [-0.39, 0.29) is 5.41 Å². The Kier molecular flexibility index (Phi) is 2.86. The molecule has 1 heteroatoms. The molecule has 1 N–H and O–H groups in total. The first-order chi connectivity index (χ1) is 8.94. The second-order valence-corrected chi connectivity index (χ2v) is 10.2. The number of rotatable bonds is 0. The maximum Gasteiger partial charge on any atom is 0.0872 e. The van der Waals surface area contributed by atoms with Crippen molar-refractivity contribution in [1.82, 2.24) is 0 Å². The topological polar surface area (TPSA) is 20.2 Å². The van der Waals surface area contributed by atoms with E-state index in [0.29, 0.717) is 16.7 Å². The summed E-state index contributed by atoms with van der Waals surface area (Å²) in [5.74, 6) is 0.553. The van der Waals surface area contributed by atoms with Gasteiger partial charge in [-0.15, -0.1) is 0 Å². The van der Waals surface area contributed by atoms with Crippen molar-refractivity contribution in [2.75, 3.05) is 0 Å². The van der Waals surface area contributed by atoms with Gasteiger partial charge in [0.2, 0.25) is 0 Å². The number of fused-ring (bicyclic) bond motifs is 3. The molecule has 0 aromatic rings. The summed E-state index contributed by atoms with van der Waals surface area (Å²) in [6, 6.07) is 0. The second-order valence-electron chi connectivity index (χ2n) is 10.2. The lowest BCUT2D eigenvalue weighted by atomic mass is 9.48. The SMILES string of the molecule is CC1CC(C)(C)CC2=C1C1(O)CC(C)(C)CC(C)(C2)C1. The first-order valence-electron chi connectivity index (χ1n) is 8.39. The molecule has 1 fully saturated rings. The van der Waals surface area contributed by atoms with E-state index in [1.807, 2.05) is 0 Å². The van der Waals surface area contributed by atoms with Crippen LogP contribution in [-0.2, 0) is 0 Å². The number of aliphatic hydroxyl groups is 1. The van der Waals surface area contributed by atoms with Gasteiger partial charge < -0.3 is 5.11 Å². The van der Waals surface area contributed by atoms with Gasteiger partial charge in [-0.1, -0.05) is 47.1 Å². The summed E-state index contributed by atoms with van der Waals surface area (Å²) in [5.41, 5.74) is 3.53. The third kappa shape index (κ3) is 2.26. The Morgan fingerprint density at radius 2 is 1.55 bits per heavy atom. The summed E-state index contributed by atoms with van der Waals surface area (Å²) in [6.45, 7) is 14.2. The first kappa shape index (κ1) is 14.6. The number of hydrogen-bond donors (Lipinski definition) is 1. The molecule has 3 atom stereocenters. The summed E-state index contributed by atoms with van der Waals surface area (Å²) in [4.78, 5) is 0. The van der Waals surface area contributed by atoms with Gasteiger partial charge in [0.25, 0.3) is 0 Å². The van der Waals surface area contributed by atoms with Crippen molar-refractivity contribution in [2.24, 2.45) is 22.2 Å². The zero-order chi connectivity index (χ0) is 15.0. The molecule has 114 valence electrons. The van der Waals surface area contributed by atoms with Crippen LogP contribution in [0, 0.1) is 22.2 Å². The molecule has 3 aliphatic carbocycles. The Balaban J connectivity index is 2.09. The van der Waals surface area contributed by atoms with Crippen LogP contribution in [0.15, 0.2) is 11.1 Å². The predicted octanol–water partition coefficient (Wildman–Crippen LogP) is 5.09. The zero-order valence-corrected chi connectivity index (χ0v) is 14.3. The lowest BCUT2D eigenvalue weighted by molar-refractivity contribution is -0.0878. The Morgan fingerprint density at radius 3 is 2.20 bits per heavy atom. The fourth-order valence-electron chi connectivity index (χ4n) is 6.64. The van der Waals surface area contributed by atoms with E-state index in [0.717, 1.165) is 12.8 Å². The van der Waals surface area contributed by atoms with Gasteiger partial charge in [-0.25, -0.2) is 0 Å². The third-order valence-corrected chi connectivity index (χ3v) is 5.96. The van der Waals surface area contributed by atoms with Gasteiger partial charge in [0.05, 0.1) is 5.60 Å². The maximum absolute atomic E-state index is 11.5. The van der Waals surface area contributed by atoms with Crippen LogP contribution in [0.4, 0.5) is 0 Å². The van der Waals surface area contributed by atoms with Crippen LogP contribution in [0.3, 0.4) is 0 Å². The molecular weight excluding hydrogens is 244 g/mol. The van der Waals surface area contributed by atoms with E-state index in [4.69, 9.17) is 0 Å². The molecule has 0 aromatic carbocycles. The molecule has 3 unspecified atom stereocenters. The molecular formula is C19H32O. The van der Waals surface area contributed by atoms with Crippen LogP contribution in [0.25, 0.3) is 0 Å². The van der Waals surface area contributed by atoms with Gasteiger partial charge in [-0.2, -0.15) is 0 Å². The third-order valence-electron chi connectivity index (χ3n) is 5.96. The van der Waals surface area contributed by atoms with Gasteiger partial charge in [0, 0.05) is 0 Å². The summed E-state index contributed by atoms with van der Waals surface area (Å²) in [7, 11) is 0. The Bertz CT molecular complexity index is 470. The Hall–Kier alpha value is -0.300. The van der Waals surface area contributed by atoms with E-state index in [1.54, 1.807) is 5.57 Å². The van der Waals surface area contributed by atoms with Crippen molar-refractivity contribution in [3.63, 3.8) is 0 Å². The highest BCUT2D eigenvalue weighted by molar-refractivity contribution is 5.36. The van der Waals surface area contributed by atoms with E-state index in [1.165, 1.54) is 31.3 Å². The summed E-state index contributed by atoms with van der Waals surface area (Å²) in [5, 5.41) is 11.5. The highest BCUT2D eigenvalue weighted by atomic mass is 16.3. The molecule has 0 spiro atoms. The minimum atomic E-state index is -0.514. The second kappa shape index (κ2) is 3.91. The van der Waals surface area contributed by atoms with Gasteiger partial charge in [0.1, 0.15) is 0 Å². The van der Waals surface area contributed by atoms with E-state index in [2.05, 4.69) is 41.5 Å². The molecule has 20 heavy (non-hydrogen) atoms. The molecule has 0 aliphatic heterocycles. The minimum Gasteiger partial charge on any atom is -0.385 e. The Morgan fingerprint density at radius 1 is 0.900 bits per heavy atom. The van der Waals surface area contributed by atoms with E-state index >= 15 is 0 Å². The molecule has 1 nitrogen and oxygen atoms in total. The van der Waals surface area contributed by atoms with Crippen LogP contribution in [-0.4, -0.2) is 10.7 Å². The van der Waals surface area contributed by atoms with Crippen molar-refractivity contribution >= 4 is 0 Å². The molecule has 0 saturated heterocycles. The quantitative estimate of drug-likeness (QED) is 0.611. The first-order valence-corrected chi connectivity index (χ1v) is 8.39. The fourth-order valence-corrected chi connectivity index (χ4v) is 6.64. The monoisotopic (exact) mass is 276 g/mol. The normalized spacial score (nSPS) is 46.0. The molecule has 1 saturated carbocycles. The van der Waals surface area contributed by atoms with Crippen LogP contribution in [0.1, 0.15) is 80.1 Å². The maximum atomic E-state index is 11.5. The number of allylic oxidation sites excluding steroid dienone is 1.